The van der Waals surface area contributed by atoms with Gasteiger partial charge in [0.1, 0.15) is 5.69 Å². The normalized spacial score (nSPS) is 11.9. The topological polar surface area (TPSA) is 43.8 Å². The molecule has 19 heavy (non-hydrogen) atoms. The lowest BCUT2D eigenvalue weighted by Crippen LogP contribution is -2.10. The first-order chi connectivity index (χ1) is 8.70. The summed E-state index contributed by atoms with van der Waals surface area (Å²) in [5, 5.41) is 3.17. The van der Waals surface area contributed by atoms with Gasteiger partial charge in [-0.1, -0.05) is 0 Å². The molecule has 0 saturated carbocycles. The van der Waals surface area contributed by atoms with Crippen LogP contribution in [0.2, 0.25) is 0 Å². The number of nitrogens with zero attached hydrogens (tertiary/aromatic N) is 2. The average Bonchev–Trinajstić information content (AvgIpc) is 2.59. The zero-order valence-corrected chi connectivity index (χ0v) is 9.59. The van der Waals surface area contributed by atoms with E-state index in [1.165, 1.54) is 6.92 Å². The maximum absolute atomic E-state index is 13.6. The van der Waals surface area contributed by atoms with Crippen LogP contribution in [-0.2, 0) is 6.18 Å². The molecule has 0 radical (unpaired) electrons. The molecule has 102 valence electrons. The van der Waals surface area contributed by atoms with Gasteiger partial charge >= 0.3 is 6.18 Å². The van der Waals surface area contributed by atoms with Crippen molar-refractivity contribution in [3.8, 4) is 5.69 Å². The highest BCUT2D eigenvalue weighted by Crippen LogP contribution is 2.30. The summed E-state index contributed by atoms with van der Waals surface area (Å²) in [4.78, 5) is 0. The van der Waals surface area contributed by atoms with Crippen molar-refractivity contribution in [1.82, 2.24) is 9.78 Å². The van der Waals surface area contributed by atoms with Crippen LogP contribution < -0.4 is 5.73 Å². The van der Waals surface area contributed by atoms with Crippen molar-refractivity contribution in [3.63, 3.8) is 0 Å². The number of nitrogens with two attached hydrogens (primary N) is 1. The van der Waals surface area contributed by atoms with Crippen LogP contribution in [0.25, 0.3) is 5.69 Å². The van der Waals surface area contributed by atoms with Gasteiger partial charge in [0.2, 0.25) is 0 Å². The van der Waals surface area contributed by atoms with Gasteiger partial charge in [-0.25, -0.2) is 13.5 Å². The zero-order chi connectivity index (χ0) is 14.4. The lowest BCUT2D eigenvalue weighted by atomic mass is 10.2. The summed E-state index contributed by atoms with van der Waals surface area (Å²) in [5.74, 6) is -2.17. The third-order valence-electron chi connectivity index (χ3n) is 2.43. The number of anilines is 1. The lowest BCUT2D eigenvalue weighted by Gasteiger charge is -2.08. The zero-order valence-electron chi connectivity index (χ0n) is 9.59. The standard InChI is InChI=1S/C11H8F5N3/c1-5-2-9(11(14,15)16)18-19(5)10-7(12)3-6(17)4-8(10)13/h2-4H,17H2,1H3. The Labute approximate surface area is 104 Å². The Hall–Kier alpha value is -2.12. The van der Waals surface area contributed by atoms with Crippen LogP contribution in [0.15, 0.2) is 18.2 Å². The summed E-state index contributed by atoms with van der Waals surface area (Å²) in [6.07, 6.45) is -4.68. The van der Waals surface area contributed by atoms with Gasteiger partial charge in [0.05, 0.1) is 0 Å². The predicted molar refractivity (Wildman–Crippen MR) is 57.6 cm³/mol. The van der Waals surface area contributed by atoms with Crippen LogP contribution in [0.4, 0.5) is 27.6 Å². The summed E-state index contributed by atoms with van der Waals surface area (Å²) in [6, 6.07) is 2.33. The number of halogens is 5. The van der Waals surface area contributed by atoms with Crippen LogP contribution in [0, 0.1) is 18.6 Å². The number of rotatable bonds is 1. The van der Waals surface area contributed by atoms with E-state index >= 15 is 0 Å². The molecule has 1 aromatic heterocycles. The van der Waals surface area contributed by atoms with E-state index in [2.05, 4.69) is 5.10 Å². The molecule has 0 aliphatic carbocycles. The summed E-state index contributed by atoms with van der Waals surface area (Å²) < 4.78 is 65.2. The van der Waals surface area contributed by atoms with Crippen LogP contribution in [-0.4, -0.2) is 9.78 Å². The van der Waals surface area contributed by atoms with Crippen molar-refractivity contribution in [1.29, 1.82) is 0 Å². The first-order valence-corrected chi connectivity index (χ1v) is 5.09. The number of hydrogen-bond donors (Lipinski definition) is 1. The molecular weight excluding hydrogens is 269 g/mol. The molecule has 1 aromatic carbocycles. The molecule has 0 spiro atoms. The van der Waals surface area contributed by atoms with E-state index in [1.54, 1.807) is 0 Å². The number of alkyl halides is 3. The minimum atomic E-state index is -4.68. The van der Waals surface area contributed by atoms with Crippen LogP contribution in [0.3, 0.4) is 0 Å². The Kier molecular flexibility index (Phi) is 2.95. The van der Waals surface area contributed by atoms with Crippen molar-refractivity contribution in [2.45, 2.75) is 13.1 Å². The first kappa shape index (κ1) is 13.3. The van der Waals surface area contributed by atoms with E-state index in [1.807, 2.05) is 0 Å². The molecule has 3 nitrogen and oxygen atoms in total. The smallest absolute Gasteiger partial charge is 0.399 e. The Bertz CT molecular complexity index is 607. The number of hydrogen-bond acceptors (Lipinski definition) is 2. The highest BCUT2D eigenvalue weighted by atomic mass is 19.4. The summed E-state index contributed by atoms with van der Waals surface area (Å²) in [5.41, 5.74) is 3.10. The molecule has 0 fully saturated rings. The van der Waals surface area contributed by atoms with Crippen molar-refractivity contribution in [3.05, 3.63) is 41.2 Å². The van der Waals surface area contributed by atoms with E-state index in [0.29, 0.717) is 10.7 Å². The van der Waals surface area contributed by atoms with Crippen LogP contribution in [0.1, 0.15) is 11.4 Å². The number of benzene rings is 1. The largest absolute Gasteiger partial charge is 0.435 e. The van der Waals surface area contributed by atoms with E-state index in [9.17, 15) is 22.0 Å². The van der Waals surface area contributed by atoms with Gasteiger partial charge < -0.3 is 5.73 Å². The molecule has 0 unspecified atom stereocenters. The van der Waals surface area contributed by atoms with Gasteiger partial charge in [-0.3, -0.25) is 0 Å². The van der Waals surface area contributed by atoms with Crippen molar-refractivity contribution < 1.29 is 22.0 Å². The fraction of sp³-hybridized carbons (Fsp3) is 0.182. The molecule has 2 rings (SSSR count). The lowest BCUT2D eigenvalue weighted by molar-refractivity contribution is -0.141. The molecule has 0 saturated heterocycles. The predicted octanol–water partition coefficient (Wildman–Crippen LogP) is 3.06. The SMILES string of the molecule is Cc1cc(C(F)(F)F)nn1-c1c(F)cc(N)cc1F. The summed E-state index contributed by atoms with van der Waals surface area (Å²) >= 11 is 0. The Morgan fingerprint density at radius 2 is 1.63 bits per heavy atom. The van der Waals surface area contributed by atoms with Crippen LogP contribution >= 0.6 is 0 Å². The summed E-state index contributed by atoms with van der Waals surface area (Å²) in [6.45, 7) is 1.26. The molecule has 0 aliphatic heterocycles. The molecule has 0 bridgehead atoms. The second-order valence-corrected chi connectivity index (χ2v) is 3.91. The maximum Gasteiger partial charge on any atom is 0.435 e. The molecule has 8 heteroatoms. The highest BCUT2D eigenvalue weighted by molar-refractivity contribution is 5.48. The van der Waals surface area contributed by atoms with Gasteiger partial charge in [0.15, 0.2) is 17.3 Å². The Morgan fingerprint density at radius 1 is 1.11 bits per heavy atom. The Morgan fingerprint density at radius 3 is 2.05 bits per heavy atom. The van der Waals surface area contributed by atoms with E-state index in [-0.39, 0.29) is 11.4 Å². The molecule has 0 aliphatic rings. The molecule has 2 N–H and O–H groups in total. The quantitative estimate of drug-likeness (QED) is 0.643. The van der Waals surface area contributed by atoms with Gasteiger partial charge in [-0.2, -0.15) is 18.3 Å². The van der Waals surface area contributed by atoms with Crippen molar-refractivity contribution in [2.75, 3.05) is 5.73 Å². The van der Waals surface area contributed by atoms with E-state index in [0.717, 1.165) is 12.1 Å². The number of aromatic nitrogens is 2. The molecule has 0 amide bonds. The highest BCUT2D eigenvalue weighted by Gasteiger charge is 2.35. The number of nitrogen functional groups attached to an aromatic ring is 1. The van der Waals surface area contributed by atoms with Gasteiger partial charge in [0, 0.05) is 11.4 Å². The first-order valence-electron chi connectivity index (χ1n) is 5.09. The third-order valence-corrected chi connectivity index (χ3v) is 2.43. The minimum absolute atomic E-state index is 0.0464. The van der Waals surface area contributed by atoms with Crippen molar-refractivity contribution in [2.24, 2.45) is 0 Å². The van der Waals surface area contributed by atoms with Gasteiger partial charge in [-0.15, -0.1) is 0 Å². The fourth-order valence-electron chi connectivity index (χ4n) is 1.63. The molecule has 2 aromatic rings. The average molecular weight is 277 g/mol. The van der Waals surface area contributed by atoms with E-state index in [4.69, 9.17) is 5.73 Å². The molecule has 0 atom stereocenters. The second-order valence-electron chi connectivity index (χ2n) is 3.91. The van der Waals surface area contributed by atoms with Gasteiger partial charge in [-0.05, 0) is 25.1 Å². The van der Waals surface area contributed by atoms with Crippen molar-refractivity contribution >= 4 is 5.69 Å². The minimum Gasteiger partial charge on any atom is -0.399 e. The Balaban J connectivity index is 2.64. The maximum atomic E-state index is 13.6. The van der Waals surface area contributed by atoms with E-state index < -0.39 is 29.2 Å². The fourth-order valence-corrected chi connectivity index (χ4v) is 1.63. The molecule has 1 heterocycles. The monoisotopic (exact) mass is 277 g/mol. The summed E-state index contributed by atoms with van der Waals surface area (Å²) in [7, 11) is 0. The van der Waals surface area contributed by atoms with Gasteiger partial charge in [0.25, 0.3) is 0 Å². The molecular formula is C11H8F5N3. The number of aryl methyl sites for hydroxylation is 1. The third kappa shape index (κ3) is 2.38. The second kappa shape index (κ2) is 4.22. The van der Waals surface area contributed by atoms with Crippen LogP contribution in [0.5, 0.6) is 0 Å².